The molecule has 0 nitrogen and oxygen atoms in total. The van der Waals surface area contributed by atoms with Crippen LogP contribution in [0, 0.1) is 0 Å². The molecule has 52 valence electrons. The SMILES string of the molecule is C1=CC/C=C\C=C\CC=C1. The van der Waals surface area contributed by atoms with E-state index in [-0.39, 0.29) is 0 Å². The highest BCUT2D eigenvalue weighted by atomic mass is 13.8. The van der Waals surface area contributed by atoms with Crippen LogP contribution in [-0.2, 0) is 0 Å². The average molecular weight is 132 g/mol. The predicted molar refractivity (Wildman–Crippen MR) is 45.8 cm³/mol. The quantitative estimate of drug-likeness (QED) is 0.475. The molecule has 0 aliphatic heterocycles. The van der Waals surface area contributed by atoms with Crippen LogP contribution in [0.2, 0.25) is 0 Å². The molecule has 0 amide bonds. The molecule has 10 heavy (non-hydrogen) atoms. The Hall–Kier alpha value is -1.04. The lowest BCUT2D eigenvalue weighted by molar-refractivity contribution is 1.35. The molecule has 1 aliphatic carbocycles. The van der Waals surface area contributed by atoms with Crippen LogP contribution in [0.1, 0.15) is 12.8 Å². The summed E-state index contributed by atoms with van der Waals surface area (Å²) in [7, 11) is 0. The van der Waals surface area contributed by atoms with Crippen LogP contribution in [0.25, 0.3) is 0 Å². The molecule has 0 radical (unpaired) electrons. The molecule has 0 saturated heterocycles. The van der Waals surface area contributed by atoms with E-state index >= 15 is 0 Å². The van der Waals surface area contributed by atoms with Gasteiger partial charge in [0, 0.05) is 0 Å². The third-order valence-electron chi connectivity index (χ3n) is 1.31. The van der Waals surface area contributed by atoms with Crippen LogP contribution < -0.4 is 0 Å². The molecule has 0 aromatic heterocycles. The molecule has 0 atom stereocenters. The summed E-state index contributed by atoms with van der Waals surface area (Å²) in [6.07, 6.45) is 19.0. The van der Waals surface area contributed by atoms with E-state index in [9.17, 15) is 0 Å². The van der Waals surface area contributed by atoms with Gasteiger partial charge in [-0.05, 0) is 12.8 Å². The van der Waals surface area contributed by atoms with Crippen molar-refractivity contribution in [2.45, 2.75) is 12.8 Å². The van der Waals surface area contributed by atoms with Crippen LogP contribution in [0.15, 0.2) is 48.6 Å². The molecule has 0 saturated carbocycles. The first-order chi connectivity index (χ1) is 5.00. The maximum atomic E-state index is 2.14. The van der Waals surface area contributed by atoms with E-state index in [1.807, 2.05) is 0 Å². The second-order valence-corrected chi connectivity index (χ2v) is 2.18. The van der Waals surface area contributed by atoms with Crippen LogP contribution in [0.4, 0.5) is 0 Å². The van der Waals surface area contributed by atoms with Crippen LogP contribution in [0.3, 0.4) is 0 Å². The highest BCUT2D eigenvalue weighted by Crippen LogP contribution is 1.93. The molecule has 0 bridgehead atoms. The fourth-order valence-corrected chi connectivity index (χ4v) is 0.786. The normalized spacial score (nSPS) is 24.0. The molecule has 1 rings (SSSR count). The Kier molecular flexibility index (Phi) is 3.40. The van der Waals surface area contributed by atoms with Crippen molar-refractivity contribution in [3.8, 4) is 0 Å². The van der Waals surface area contributed by atoms with Crippen LogP contribution >= 0.6 is 0 Å². The van der Waals surface area contributed by atoms with Gasteiger partial charge in [0.1, 0.15) is 0 Å². The number of hydrogen-bond acceptors (Lipinski definition) is 0. The fraction of sp³-hybridized carbons (Fsp3) is 0.200. The van der Waals surface area contributed by atoms with Crippen LogP contribution in [-0.4, -0.2) is 0 Å². The Labute approximate surface area is 62.3 Å². The lowest BCUT2D eigenvalue weighted by Gasteiger charge is -1.83. The van der Waals surface area contributed by atoms with Crippen molar-refractivity contribution >= 4 is 0 Å². The molecule has 0 aromatic rings. The van der Waals surface area contributed by atoms with Crippen molar-refractivity contribution in [1.82, 2.24) is 0 Å². The highest BCUT2D eigenvalue weighted by Gasteiger charge is 1.72. The van der Waals surface area contributed by atoms with Crippen molar-refractivity contribution in [1.29, 1.82) is 0 Å². The summed E-state index contributed by atoms with van der Waals surface area (Å²) in [5.41, 5.74) is 0. The zero-order valence-electron chi connectivity index (χ0n) is 6.03. The molecule has 0 N–H and O–H groups in total. The number of rotatable bonds is 0. The van der Waals surface area contributed by atoms with Gasteiger partial charge in [0.2, 0.25) is 0 Å². The van der Waals surface area contributed by atoms with Gasteiger partial charge in [0.15, 0.2) is 0 Å². The third kappa shape index (κ3) is 3.08. The minimum Gasteiger partial charge on any atom is -0.0808 e. The maximum absolute atomic E-state index is 2.14. The topological polar surface area (TPSA) is 0 Å². The number of allylic oxidation sites excluding steroid dienone is 8. The summed E-state index contributed by atoms with van der Waals surface area (Å²) in [6.45, 7) is 0. The Bertz CT molecular complexity index is 138. The Morgan fingerprint density at radius 3 is 1.10 bits per heavy atom. The first-order valence-corrected chi connectivity index (χ1v) is 3.63. The van der Waals surface area contributed by atoms with Gasteiger partial charge in [-0.25, -0.2) is 0 Å². The minimum atomic E-state index is 1.04. The van der Waals surface area contributed by atoms with Crippen molar-refractivity contribution in [3.63, 3.8) is 0 Å². The van der Waals surface area contributed by atoms with Crippen molar-refractivity contribution < 1.29 is 0 Å². The summed E-state index contributed by atoms with van der Waals surface area (Å²) in [5, 5.41) is 0. The average Bonchev–Trinajstić information content (AvgIpc) is 2.01. The van der Waals surface area contributed by atoms with E-state index < -0.39 is 0 Å². The fourth-order valence-electron chi connectivity index (χ4n) is 0.786. The molecule has 0 unspecified atom stereocenters. The predicted octanol–water partition coefficient (Wildman–Crippen LogP) is 3.01. The van der Waals surface area contributed by atoms with E-state index in [2.05, 4.69) is 48.6 Å². The van der Waals surface area contributed by atoms with Crippen LogP contribution in [0.5, 0.6) is 0 Å². The first kappa shape index (κ1) is 7.07. The molecular weight excluding hydrogens is 120 g/mol. The summed E-state index contributed by atoms with van der Waals surface area (Å²) in [5.74, 6) is 0. The molecule has 0 fully saturated rings. The summed E-state index contributed by atoms with van der Waals surface area (Å²) < 4.78 is 0. The highest BCUT2D eigenvalue weighted by molar-refractivity contribution is 5.12. The van der Waals surface area contributed by atoms with Crippen molar-refractivity contribution in [3.05, 3.63) is 48.6 Å². The van der Waals surface area contributed by atoms with E-state index in [0.717, 1.165) is 12.8 Å². The third-order valence-corrected chi connectivity index (χ3v) is 1.31. The summed E-state index contributed by atoms with van der Waals surface area (Å²) in [4.78, 5) is 0. The van der Waals surface area contributed by atoms with E-state index in [4.69, 9.17) is 0 Å². The monoisotopic (exact) mass is 132 g/mol. The Morgan fingerprint density at radius 2 is 0.800 bits per heavy atom. The van der Waals surface area contributed by atoms with Gasteiger partial charge in [-0.2, -0.15) is 0 Å². The zero-order chi connectivity index (χ0) is 7.07. The van der Waals surface area contributed by atoms with Gasteiger partial charge in [-0.3, -0.25) is 0 Å². The molecule has 1 aliphatic rings. The minimum absolute atomic E-state index is 1.04. The molecule has 0 spiro atoms. The summed E-state index contributed by atoms with van der Waals surface area (Å²) in [6, 6.07) is 0. The van der Waals surface area contributed by atoms with E-state index in [1.54, 1.807) is 0 Å². The standard InChI is InChI=1S/C10H12/c1-2-4-6-8-10-9-7-5-3-1/h1-4,7-10H,5-6H2/b3-1-,4-2+,9-7?,10-8?. The first-order valence-electron chi connectivity index (χ1n) is 3.63. The van der Waals surface area contributed by atoms with E-state index in [1.165, 1.54) is 0 Å². The second kappa shape index (κ2) is 4.80. The van der Waals surface area contributed by atoms with Gasteiger partial charge < -0.3 is 0 Å². The zero-order valence-corrected chi connectivity index (χ0v) is 6.03. The number of hydrogen-bond donors (Lipinski definition) is 0. The summed E-state index contributed by atoms with van der Waals surface area (Å²) >= 11 is 0. The van der Waals surface area contributed by atoms with Gasteiger partial charge in [0.05, 0.1) is 0 Å². The second-order valence-electron chi connectivity index (χ2n) is 2.18. The van der Waals surface area contributed by atoms with Gasteiger partial charge in [0.25, 0.3) is 0 Å². The molecule has 0 heteroatoms. The molecule has 0 heterocycles. The van der Waals surface area contributed by atoms with Gasteiger partial charge >= 0.3 is 0 Å². The Balaban J connectivity index is 2.50. The lowest BCUT2D eigenvalue weighted by Crippen LogP contribution is -1.62. The van der Waals surface area contributed by atoms with E-state index in [0.29, 0.717) is 0 Å². The smallest absolute Gasteiger partial charge is 0.0163 e. The van der Waals surface area contributed by atoms with Gasteiger partial charge in [-0.15, -0.1) is 0 Å². The molecular formula is C10H12. The van der Waals surface area contributed by atoms with Gasteiger partial charge in [-0.1, -0.05) is 48.6 Å². The van der Waals surface area contributed by atoms with Crippen molar-refractivity contribution in [2.24, 2.45) is 0 Å². The maximum Gasteiger partial charge on any atom is -0.0163 e. The largest absolute Gasteiger partial charge is 0.0808 e. The Morgan fingerprint density at radius 1 is 0.500 bits per heavy atom. The lowest BCUT2D eigenvalue weighted by atomic mass is 10.2. The molecule has 0 aromatic carbocycles. The van der Waals surface area contributed by atoms with Crippen molar-refractivity contribution in [2.75, 3.05) is 0 Å².